The van der Waals surface area contributed by atoms with Crippen LogP contribution < -0.4 is 0 Å². The zero-order valence-electron chi connectivity index (χ0n) is 40.5. The van der Waals surface area contributed by atoms with E-state index in [1.54, 1.807) is 6.08 Å². The Bertz CT molecular complexity index is 1470. The van der Waals surface area contributed by atoms with E-state index < -0.39 is 72.3 Å². The van der Waals surface area contributed by atoms with Crippen molar-refractivity contribution in [2.45, 2.75) is 200 Å². The van der Waals surface area contributed by atoms with Gasteiger partial charge in [-0.05, 0) is 50.9 Å². The molecule has 0 amide bonds. The van der Waals surface area contributed by atoms with E-state index >= 15 is 0 Å². The molecule has 0 aromatic heterocycles. The van der Waals surface area contributed by atoms with E-state index in [1.807, 2.05) is 54.7 Å². The average Bonchev–Trinajstić information content (AvgIpc) is 3.26. The molecule has 16 heteroatoms. The van der Waals surface area contributed by atoms with E-state index in [0.29, 0.717) is 25.7 Å². The van der Waals surface area contributed by atoms with Crippen LogP contribution in [-0.2, 0) is 41.8 Å². The van der Waals surface area contributed by atoms with Gasteiger partial charge in [0.1, 0.15) is 12.7 Å². The maximum absolute atomic E-state index is 12.7. The second-order valence-electron chi connectivity index (χ2n) is 17.0. The largest absolute Gasteiger partial charge is 0.472 e. The number of esters is 2. The Morgan fingerprint density at radius 1 is 0.545 bits per heavy atom. The molecule has 0 aliphatic rings. The van der Waals surface area contributed by atoms with Crippen LogP contribution in [0.15, 0.2) is 72.9 Å². The van der Waals surface area contributed by atoms with Crippen LogP contribution in [0.2, 0.25) is 0 Å². The van der Waals surface area contributed by atoms with E-state index in [1.165, 1.54) is 77.0 Å². The third-order valence-corrected chi connectivity index (χ3v) is 11.6. The average molecular weight is 975 g/mol. The second kappa shape index (κ2) is 43.8. The molecule has 66 heavy (non-hydrogen) atoms. The molecular weight excluding hydrogens is 886 g/mol. The summed E-state index contributed by atoms with van der Waals surface area (Å²) >= 11 is 0. The normalized spacial score (nSPS) is 15.0. The van der Waals surface area contributed by atoms with Crippen molar-refractivity contribution in [1.82, 2.24) is 0 Å². The number of aliphatic hydroxyl groups is 2. The maximum Gasteiger partial charge on any atom is 0.472 e. The summed E-state index contributed by atoms with van der Waals surface area (Å²) in [6.07, 6.45) is 45.1. The van der Waals surface area contributed by atoms with Crippen molar-refractivity contribution >= 4 is 27.6 Å². The number of hydrogen-bond donors (Lipinski definition) is 5. The molecule has 0 aliphatic carbocycles. The highest BCUT2D eigenvalue weighted by Crippen LogP contribution is 2.43. The molecule has 0 heterocycles. The third kappa shape index (κ3) is 48.0. The highest BCUT2D eigenvalue weighted by atomic mass is 31.2. The summed E-state index contributed by atoms with van der Waals surface area (Å²) in [7, 11) is -9.72. The van der Waals surface area contributed by atoms with Gasteiger partial charge in [0.2, 0.25) is 0 Å². The van der Waals surface area contributed by atoms with Gasteiger partial charge in [-0.2, -0.15) is 0 Å². The van der Waals surface area contributed by atoms with Crippen LogP contribution >= 0.6 is 15.6 Å². The van der Waals surface area contributed by atoms with Gasteiger partial charge in [-0.25, -0.2) is 9.13 Å². The van der Waals surface area contributed by atoms with Gasteiger partial charge in [0.05, 0.1) is 25.9 Å². The number of phosphoric acid groups is 2. The first-order chi connectivity index (χ1) is 31.6. The molecule has 0 aliphatic heterocycles. The monoisotopic (exact) mass is 975 g/mol. The summed E-state index contributed by atoms with van der Waals surface area (Å²) in [6, 6.07) is 0. The van der Waals surface area contributed by atoms with Crippen LogP contribution in [0.3, 0.4) is 0 Å². The zero-order valence-corrected chi connectivity index (χ0v) is 42.3. The first kappa shape index (κ1) is 63.5. The Labute approximate surface area is 397 Å². The summed E-state index contributed by atoms with van der Waals surface area (Å²) in [5, 5.41) is 19.8. The van der Waals surface area contributed by atoms with E-state index in [-0.39, 0.29) is 12.8 Å². The fraction of sp³-hybridized carbons (Fsp3) is 0.720. The lowest BCUT2D eigenvalue weighted by molar-refractivity contribution is -0.161. The van der Waals surface area contributed by atoms with Gasteiger partial charge >= 0.3 is 27.6 Å². The molecule has 14 nitrogen and oxygen atoms in total. The van der Waals surface area contributed by atoms with Gasteiger partial charge < -0.3 is 34.4 Å². The minimum Gasteiger partial charge on any atom is -0.462 e. The van der Waals surface area contributed by atoms with E-state index in [4.69, 9.17) is 23.8 Å². The van der Waals surface area contributed by atoms with Crippen LogP contribution in [0, 0.1) is 5.92 Å². The number of allylic oxidation sites excluding steroid dienone is 10. The molecule has 0 rings (SSSR count). The van der Waals surface area contributed by atoms with E-state index in [0.717, 1.165) is 50.9 Å². The van der Waals surface area contributed by atoms with E-state index in [9.17, 15) is 33.8 Å². The smallest absolute Gasteiger partial charge is 0.462 e. The van der Waals surface area contributed by atoms with Crippen molar-refractivity contribution in [3.63, 3.8) is 0 Å². The summed E-state index contributed by atoms with van der Waals surface area (Å²) in [5.41, 5.74) is 0. The molecule has 0 saturated carbocycles. The molecule has 0 radical (unpaired) electrons. The lowest BCUT2D eigenvalue weighted by Gasteiger charge is -2.20. The summed E-state index contributed by atoms with van der Waals surface area (Å²) in [4.78, 5) is 52.8. The predicted octanol–water partition coefficient (Wildman–Crippen LogP) is 12.2. The molecule has 0 fully saturated rings. The van der Waals surface area contributed by atoms with Gasteiger partial charge in [0.15, 0.2) is 6.10 Å². The van der Waals surface area contributed by atoms with Gasteiger partial charge in [0.25, 0.3) is 0 Å². The van der Waals surface area contributed by atoms with Crippen molar-refractivity contribution in [2.24, 2.45) is 5.92 Å². The Morgan fingerprint density at radius 2 is 1.05 bits per heavy atom. The van der Waals surface area contributed by atoms with Crippen LogP contribution in [0.4, 0.5) is 0 Å². The Hall–Kier alpha value is -2.48. The topological polar surface area (TPSA) is 216 Å². The number of phosphoric ester groups is 2. The van der Waals surface area contributed by atoms with Gasteiger partial charge in [0, 0.05) is 12.8 Å². The lowest BCUT2D eigenvalue weighted by atomic mass is 10.0. The molecule has 0 aromatic rings. The molecule has 4 atom stereocenters. The number of hydrogen-bond acceptors (Lipinski definition) is 11. The fourth-order valence-electron chi connectivity index (χ4n) is 6.41. The van der Waals surface area contributed by atoms with Crippen molar-refractivity contribution in [3.05, 3.63) is 72.9 Å². The zero-order chi connectivity index (χ0) is 49.0. The van der Waals surface area contributed by atoms with Crippen LogP contribution in [-0.4, -0.2) is 81.6 Å². The number of carbonyl (C=O) groups excluding carboxylic acids is 2. The highest BCUT2D eigenvalue weighted by Gasteiger charge is 2.28. The number of ether oxygens (including phenoxy) is 2. The fourth-order valence-corrected chi connectivity index (χ4v) is 7.56. The van der Waals surface area contributed by atoms with Crippen molar-refractivity contribution in [3.8, 4) is 0 Å². The quantitative estimate of drug-likeness (QED) is 0.0126. The lowest BCUT2D eigenvalue weighted by Crippen LogP contribution is -2.29. The van der Waals surface area contributed by atoms with Gasteiger partial charge in [-0.15, -0.1) is 0 Å². The Kier molecular flexibility index (Phi) is 42.1. The number of carbonyl (C=O) groups is 2. The molecule has 0 bridgehead atoms. The van der Waals surface area contributed by atoms with Gasteiger partial charge in [-0.3, -0.25) is 23.2 Å². The van der Waals surface area contributed by atoms with Crippen LogP contribution in [0.1, 0.15) is 181 Å². The van der Waals surface area contributed by atoms with Crippen molar-refractivity contribution < 1.29 is 66.7 Å². The molecule has 0 spiro atoms. The Balaban J connectivity index is 4.59. The van der Waals surface area contributed by atoms with Crippen LogP contribution in [0.5, 0.6) is 0 Å². The highest BCUT2D eigenvalue weighted by molar-refractivity contribution is 7.47. The predicted molar refractivity (Wildman–Crippen MR) is 263 cm³/mol. The number of rotatable bonds is 45. The summed E-state index contributed by atoms with van der Waals surface area (Å²) < 4.78 is 47.8. The van der Waals surface area contributed by atoms with Crippen molar-refractivity contribution in [2.75, 3.05) is 26.4 Å². The van der Waals surface area contributed by atoms with Gasteiger partial charge in [-0.1, -0.05) is 196 Å². The number of aliphatic hydroxyl groups excluding tert-OH is 2. The minimum absolute atomic E-state index is 0.0450. The maximum atomic E-state index is 12.7. The molecule has 382 valence electrons. The molecule has 5 N–H and O–H groups in total. The molecule has 0 aromatic carbocycles. The summed E-state index contributed by atoms with van der Waals surface area (Å²) in [5.74, 6) is -0.343. The minimum atomic E-state index is -4.88. The standard InChI is InChI=1S/C50H88O14P2/c1-4-5-6-7-27-32-37-46(51)38-33-28-23-19-16-17-20-24-29-34-39-49(53)60-43-48(44-63-66(58,59)62-42-47(52)41-61-65(55,56)57)64-50(54)40-35-30-25-21-15-13-11-9-8-10-12-14-18-22-26-31-36-45(2)3/h5-6,16-17,23-24,27-29,32-33,38,45-48,51-52H,4,7-15,18-22,25-26,30-31,34-37,39-44H2,1-3H3,(H,58,59)(H2,55,56,57)/b6-5-,17-16-,28-23-,29-24-,32-27-,38-33+/t46?,47-,48+/m0/s1. The first-order valence-corrected chi connectivity index (χ1v) is 27.6. The first-order valence-electron chi connectivity index (χ1n) is 24.6. The van der Waals surface area contributed by atoms with E-state index in [2.05, 4.69) is 42.0 Å². The SMILES string of the molecule is CC/C=C\C/C=C\CC(O)/C=C/C=C\C/C=C\C/C=C\CCC(=O)OC[C@H](COP(=O)(O)OC[C@@H](O)COP(=O)(O)O)OC(=O)CCCCCCCCCCCCCCCCCCC(C)C. The number of unbranched alkanes of at least 4 members (excludes halogenated alkanes) is 15. The molecule has 2 unspecified atom stereocenters. The molecule has 0 saturated heterocycles. The Morgan fingerprint density at radius 3 is 1.62 bits per heavy atom. The molecular formula is C50H88O14P2. The summed E-state index contributed by atoms with van der Waals surface area (Å²) in [6.45, 7) is 3.84. The van der Waals surface area contributed by atoms with Crippen LogP contribution in [0.25, 0.3) is 0 Å². The third-order valence-electron chi connectivity index (χ3n) is 10.1. The second-order valence-corrected chi connectivity index (χ2v) is 19.7. The van der Waals surface area contributed by atoms with Crippen molar-refractivity contribution in [1.29, 1.82) is 0 Å².